The van der Waals surface area contributed by atoms with E-state index in [0.717, 1.165) is 18.1 Å². The Morgan fingerprint density at radius 3 is 2.45 bits per heavy atom. The first-order valence-electron chi connectivity index (χ1n) is 8.08. The Morgan fingerprint density at radius 2 is 1.95 bits per heavy atom. The first-order valence-corrected chi connectivity index (χ1v) is 8.08. The zero-order valence-electron chi connectivity index (χ0n) is 14.7. The van der Waals surface area contributed by atoms with Crippen molar-refractivity contribution in [3.05, 3.63) is 23.9 Å². The van der Waals surface area contributed by atoms with Gasteiger partial charge in [-0.1, -0.05) is 19.9 Å². The molecule has 0 radical (unpaired) electrons. The summed E-state index contributed by atoms with van der Waals surface area (Å²) in [4.78, 5) is 8.91. The van der Waals surface area contributed by atoms with E-state index in [2.05, 4.69) is 48.3 Å². The number of ether oxygens (including phenoxy) is 1. The van der Waals surface area contributed by atoms with Gasteiger partial charge in [-0.05, 0) is 39.2 Å². The molecule has 0 amide bonds. The predicted octanol–water partition coefficient (Wildman–Crippen LogP) is 2.97. The lowest BCUT2D eigenvalue weighted by Crippen LogP contribution is -2.44. The van der Waals surface area contributed by atoms with Gasteiger partial charge in [0.15, 0.2) is 5.96 Å². The number of hydrogen-bond acceptors (Lipinski definition) is 3. The van der Waals surface area contributed by atoms with Gasteiger partial charge in [-0.3, -0.25) is 0 Å². The summed E-state index contributed by atoms with van der Waals surface area (Å²) >= 11 is 0. The SMILES string of the molecule is CCNC(=NCc1ccc(OC(C)C)nc1)NC(C)C(C)C. The van der Waals surface area contributed by atoms with Crippen LogP contribution in [0.3, 0.4) is 0 Å². The predicted molar refractivity (Wildman–Crippen MR) is 92.3 cm³/mol. The maximum Gasteiger partial charge on any atom is 0.213 e. The second-order valence-corrected chi connectivity index (χ2v) is 6.04. The summed E-state index contributed by atoms with van der Waals surface area (Å²) in [7, 11) is 0. The molecule has 2 N–H and O–H groups in total. The summed E-state index contributed by atoms with van der Waals surface area (Å²) in [6.07, 6.45) is 1.95. The van der Waals surface area contributed by atoms with Gasteiger partial charge in [0, 0.05) is 24.8 Å². The number of aromatic nitrogens is 1. The molecule has 1 rings (SSSR count). The van der Waals surface area contributed by atoms with E-state index in [9.17, 15) is 0 Å². The molecule has 124 valence electrons. The normalized spacial score (nSPS) is 13.4. The Balaban J connectivity index is 2.65. The van der Waals surface area contributed by atoms with Crippen LogP contribution in [0.25, 0.3) is 0 Å². The van der Waals surface area contributed by atoms with Crippen LogP contribution in [0.5, 0.6) is 5.88 Å². The molecule has 5 heteroatoms. The van der Waals surface area contributed by atoms with Crippen molar-refractivity contribution in [2.75, 3.05) is 6.54 Å². The van der Waals surface area contributed by atoms with E-state index in [4.69, 9.17) is 4.74 Å². The number of nitrogens with zero attached hydrogens (tertiary/aromatic N) is 2. The Labute approximate surface area is 134 Å². The molecule has 1 unspecified atom stereocenters. The van der Waals surface area contributed by atoms with Gasteiger partial charge in [-0.25, -0.2) is 9.98 Å². The van der Waals surface area contributed by atoms with E-state index in [0.29, 0.717) is 24.4 Å². The third kappa shape index (κ3) is 6.78. The fourth-order valence-corrected chi connectivity index (χ4v) is 1.69. The van der Waals surface area contributed by atoms with Gasteiger partial charge in [-0.15, -0.1) is 0 Å². The molecule has 0 bridgehead atoms. The first kappa shape index (κ1) is 18.3. The van der Waals surface area contributed by atoms with Crippen LogP contribution in [0.15, 0.2) is 23.3 Å². The highest BCUT2D eigenvalue weighted by atomic mass is 16.5. The molecule has 0 saturated carbocycles. The number of hydrogen-bond donors (Lipinski definition) is 2. The van der Waals surface area contributed by atoms with Crippen molar-refractivity contribution in [1.29, 1.82) is 0 Å². The van der Waals surface area contributed by atoms with E-state index in [-0.39, 0.29) is 6.10 Å². The van der Waals surface area contributed by atoms with Crippen molar-refractivity contribution in [2.24, 2.45) is 10.9 Å². The number of aliphatic imine (C=N–C) groups is 1. The minimum atomic E-state index is 0.137. The Morgan fingerprint density at radius 1 is 1.23 bits per heavy atom. The minimum Gasteiger partial charge on any atom is -0.475 e. The molecule has 0 aliphatic rings. The van der Waals surface area contributed by atoms with Gasteiger partial charge in [0.2, 0.25) is 5.88 Å². The van der Waals surface area contributed by atoms with E-state index in [1.807, 2.05) is 32.2 Å². The zero-order valence-corrected chi connectivity index (χ0v) is 14.7. The summed E-state index contributed by atoms with van der Waals surface area (Å²) < 4.78 is 5.54. The van der Waals surface area contributed by atoms with E-state index < -0.39 is 0 Å². The Bertz CT molecular complexity index is 454. The average Bonchev–Trinajstić information content (AvgIpc) is 2.45. The molecule has 0 saturated heterocycles. The molecule has 0 aliphatic heterocycles. The molecule has 0 fully saturated rings. The van der Waals surface area contributed by atoms with Gasteiger partial charge in [0.05, 0.1) is 12.6 Å². The lowest BCUT2D eigenvalue weighted by atomic mass is 10.1. The highest BCUT2D eigenvalue weighted by Gasteiger charge is 2.08. The molecule has 0 aromatic carbocycles. The minimum absolute atomic E-state index is 0.137. The fourth-order valence-electron chi connectivity index (χ4n) is 1.69. The molecule has 1 aromatic rings. The quantitative estimate of drug-likeness (QED) is 0.600. The van der Waals surface area contributed by atoms with Crippen LogP contribution in [0.1, 0.15) is 47.1 Å². The summed E-state index contributed by atoms with van der Waals surface area (Å²) in [5.74, 6) is 2.05. The van der Waals surface area contributed by atoms with Crippen molar-refractivity contribution in [3.8, 4) is 5.88 Å². The van der Waals surface area contributed by atoms with Crippen molar-refractivity contribution in [1.82, 2.24) is 15.6 Å². The fraction of sp³-hybridized carbons (Fsp3) is 0.647. The standard InChI is InChI=1S/C17H30N4O/c1-7-18-17(21-14(6)12(2)3)20-11-15-8-9-16(19-10-15)22-13(4)5/h8-10,12-14H,7,11H2,1-6H3,(H2,18,20,21). The third-order valence-electron chi connectivity index (χ3n) is 3.28. The Hall–Kier alpha value is -1.78. The molecule has 22 heavy (non-hydrogen) atoms. The molecular formula is C17H30N4O. The summed E-state index contributed by atoms with van der Waals surface area (Å²) in [5, 5.41) is 6.69. The van der Waals surface area contributed by atoms with Crippen LogP contribution in [0.4, 0.5) is 0 Å². The highest BCUT2D eigenvalue weighted by molar-refractivity contribution is 5.80. The van der Waals surface area contributed by atoms with Crippen LogP contribution in [0, 0.1) is 5.92 Å². The molecule has 5 nitrogen and oxygen atoms in total. The molecule has 0 aliphatic carbocycles. The van der Waals surface area contributed by atoms with E-state index in [1.165, 1.54) is 0 Å². The number of guanidine groups is 1. The number of pyridine rings is 1. The van der Waals surface area contributed by atoms with Crippen molar-refractivity contribution >= 4 is 5.96 Å². The van der Waals surface area contributed by atoms with Gasteiger partial charge >= 0.3 is 0 Å². The smallest absolute Gasteiger partial charge is 0.213 e. The molecule has 0 spiro atoms. The largest absolute Gasteiger partial charge is 0.475 e. The van der Waals surface area contributed by atoms with Crippen LogP contribution in [-0.2, 0) is 6.54 Å². The number of rotatable bonds is 7. The molecule has 1 atom stereocenters. The lowest BCUT2D eigenvalue weighted by molar-refractivity contribution is 0.232. The van der Waals surface area contributed by atoms with Crippen molar-refractivity contribution < 1.29 is 4.74 Å². The second-order valence-electron chi connectivity index (χ2n) is 6.04. The Kier molecular flexibility index (Phi) is 7.71. The monoisotopic (exact) mass is 306 g/mol. The van der Waals surface area contributed by atoms with Gasteiger partial charge in [-0.2, -0.15) is 0 Å². The molecule has 1 heterocycles. The highest BCUT2D eigenvalue weighted by Crippen LogP contribution is 2.10. The van der Waals surface area contributed by atoms with E-state index in [1.54, 1.807) is 0 Å². The topological polar surface area (TPSA) is 58.5 Å². The van der Waals surface area contributed by atoms with Crippen LogP contribution >= 0.6 is 0 Å². The number of nitrogens with one attached hydrogen (secondary N) is 2. The second kappa shape index (κ2) is 9.28. The maximum absolute atomic E-state index is 5.54. The van der Waals surface area contributed by atoms with Gasteiger partial charge in [0.1, 0.15) is 0 Å². The van der Waals surface area contributed by atoms with Crippen molar-refractivity contribution in [3.63, 3.8) is 0 Å². The third-order valence-corrected chi connectivity index (χ3v) is 3.28. The van der Waals surface area contributed by atoms with Crippen LogP contribution < -0.4 is 15.4 Å². The molecule has 1 aromatic heterocycles. The van der Waals surface area contributed by atoms with Gasteiger partial charge in [0.25, 0.3) is 0 Å². The summed E-state index contributed by atoms with van der Waals surface area (Å²) in [5.41, 5.74) is 1.06. The zero-order chi connectivity index (χ0) is 16.5. The van der Waals surface area contributed by atoms with Crippen molar-refractivity contribution in [2.45, 2.75) is 60.2 Å². The lowest BCUT2D eigenvalue weighted by Gasteiger charge is -2.20. The molecular weight excluding hydrogens is 276 g/mol. The maximum atomic E-state index is 5.54. The van der Waals surface area contributed by atoms with Crippen LogP contribution in [-0.4, -0.2) is 29.6 Å². The first-order chi connectivity index (χ1) is 10.4. The van der Waals surface area contributed by atoms with E-state index >= 15 is 0 Å². The average molecular weight is 306 g/mol. The van der Waals surface area contributed by atoms with Gasteiger partial charge < -0.3 is 15.4 Å². The summed E-state index contributed by atoms with van der Waals surface area (Å²) in [6.45, 7) is 14.0. The summed E-state index contributed by atoms with van der Waals surface area (Å²) in [6, 6.07) is 4.27. The van der Waals surface area contributed by atoms with Crippen LogP contribution in [0.2, 0.25) is 0 Å².